The number of carbonyl (C=O) groups is 2. The number of nitrogens with zero attached hydrogens (tertiary/aromatic N) is 1. The first-order valence-electron chi connectivity index (χ1n) is 6.56. The number of aromatic nitrogens is 1. The fourth-order valence-electron chi connectivity index (χ4n) is 1.92. The van der Waals surface area contributed by atoms with Crippen LogP contribution in [0.25, 0.3) is 10.9 Å². The number of pyridine rings is 1. The number of hydrogen-bond acceptors (Lipinski definition) is 6. The molecule has 0 saturated carbocycles. The average molecular weight is 300 g/mol. The molecule has 1 N–H and O–H groups in total. The third-order valence-electron chi connectivity index (χ3n) is 3.00. The summed E-state index contributed by atoms with van der Waals surface area (Å²) in [5.74, 6) is -1.33. The second-order valence-corrected chi connectivity index (χ2v) is 4.53. The molecular weight excluding hydrogens is 284 g/mol. The maximum atomic E-state index is 11.8. The van der Waals surface area contributed by atoms with Gasteiger partial charge in [0.2, 0.25) is 0 Å². The van der Waals surface area contributed by atoms with Crippen LogP contribution in [-0.4, -0.2) is 31.1 Å². The number of anilines is 1. The van der Waals surface area contributed by atoms with Gasteiger partial charge in [-0.1, -0.05) is 18.2 Å². The summed E-state index contributed by atoms with van der Waals surface area (Å²) in [5, 5.41) is 3.80. The van der Waals surface area contributed by atoms with E-state index in [0.717, 1.165) is 17.2 Å². The van der Waals surface area contributed by atoms with Gasteiger partial charge in [-0.2, -0.15) is 0 Å². The van der Waals surface area contributed by atoms with E-state index in [9.17, 15) is 9.59 Å². The number of methoxy groups -OCH3 is 2. The Kier molecular flexibility index (Phi) is 4.73. The molecule has 1 aromatic carbocycles. The quantitative estimate of drug-likeness (QED) is 0.689. The predicted molar refractivity (Wildman–Crippen MR) is 82.2 cm³/mol. The minimum Gasteiger partial charge on any atom is -0.466 e. The van der Waals surface area contributed by atoms with Crippen molar-refractivity contribution >= 4 is 28.5 Å². The van der Waals surface area contributed by atoms with Crippen molar-refractivity contribution in [3.05, 3.63) is 47.8 Å². The molecule has 0 atom stereocenters. The van der Waals surface area contributed by atoms with Gasteiger partial charge in [0, 0.05) is 11.1 Å². The Morgan fingerprint density at radius 3 is 2.59 bits per heavy atom. The lowest BCUT2D eigenvalue weighted by Gasteiger charge is -2.11. The van der Waals surface area contributed by atoms with Crippen molar-refractivity contribution in [2.75, 3.05) is 19.5 Å². The molecule has 0 unspecified atom stereocenters. The third-order valence-corrected chi connectivity index (χ3v) is 3.00. The van der Waals surface area contributed by atoms with Gasteiger partial charge >= 0.3 is 11.9 Å². The number of hydrogen-bond donors (Lipinski definition) is 1. The molecular formula is C16H16N2O4. The first-order chi connectivity index (χ1) is 10.5. The largest absolute Gasteiger partial charge is 0.466 e. The number of nitrogens with one attached hydrogen (secondary N) is 1. The molecule has 22 heavy (non-hydrogen) atoms. The van der Waals surface area contributed by atoms with Crippen LogP contribution in [0.4, 0.5) is 5.69 Å². The number of aryl methyl sites for hydroxylation is 1. The van der Waals surface area contributed by atoms with Gasteiger partial charge in [0.05, 0.1) is 31.5 Å². The average Bonchev–Trinajstić information content (AvgIpc) is 2.53. The molecule has 2 aromatic rings. The zero-order chi connectivity index (χ0) is 16.1. The summed E-state index contributed by atoms with van der Waals surface area (Å²) in [7, 11) is 2.47. The summed E-state index contributed by atoms with van der Waals surface area (Å²) in [4.78, 5) is 27.6. The molecule has 0 bridgehead atoms. The molecule has 114 valence electrons. The molecule has 0 radical (unpaired) electrons. The third kappa shape index (κ3) is 3.41. The Morgan fingerprint density at radius 1 is 1.14 bits per heavy atom. The monoisotopic (exact) mass is 300 g/mol. The fourth-order valence-corrected chi connectivity index (χ4v) is 1.92. The number of para-hydroxylation sites is 1. The molecule has 0 aliphatic heterocycles. The lowest BCUT2D eigenvalue weighted by Crippen LogP contribution is -2.15. The highest BCUT2D eigenvalue weighted by molar-refractivity contribution is 6.01. The van der Waals surface area contributed by atoms with Crippen molar-refractivity contribution in [1.82, 2.24) is 4.98 Å². The number of rotatable bonds is 4. The second kappa shape index (κ2) is 6.71. The fraction of sp³-hybridized carbons (Fsp3) is 0.188. The molecule has 1 aromatic heterocycles. The van der Waals surface area contributed by atoms with Crippen molar-refractivity contribution in [1.29, 1.82) is 0 Å². The standard InChI is InChI=1S/C16H16N2O4/c1-10-7-8-11-5-4-6-12(15(11)17-10)18-13(16(20)22-3)9-14(19)21-2/h4-9,18H,1-3H3/b13-9-. The van der Waals surface area contributed by atoms with Gasteiger partial charge in [-0.25, -0.2) is 9.59 Å². The summed E-state index contributed by atoms with van der Waals surface area (Å²) >= 11 is 0. The van der Waals surface area contributed by atoms with E-state index in [4.69, 9.17) is 0 Å². The number of carbonyl (C=O) groups excluding carboxylic acids is 2. The van der Waals surface area contributed by atoms with Crippen molar-refractivity contribution in [3.63, 3.8) is 0 Å². The topological polar surface area (TPSA) is 77.5 Å². The first-order valence-corrected chi connectivity index (χ1v) is 6.56. The van der Waals surface area contributed by atoms with Crippen LogP contribution in [0.3, 0.4) is 0 Å². The minimum absolute atomic E-state index is 0.0230. The zero-order valence-corrected chi connectivity index (χ0v) is 12.5. The number of benzene rings is 1. The molecule has 0 aliphatic carbocycles. The normalized spacial score (nSPS) is 11.1. The highest BCUT2D eigenvalue weighted by Gasteiger charge is 2.14. The molecule has 6 heteroatoms. The van der Waals surface area contributed by atoms with Crippen molar-refractivity contribution in [2.24, 2.45) is 0 Å². The van der Waals surface area contributed by atoms with Crippen molar-refractivity contribution in [2.45, 2.75) is 6.92 Å². The van der Waals surface area contributed by atoms with E-state index in [-0.39, 0.29) is 5.70 Å². The molecule has 6 nitrogen and oxygen atoms in total. The number of ether oxygens (including phenoxy) is 2. The Balaban J connectivity index is 2.46. The minimum atomic E-state index is -0.671. The van der Waals surface area contributed by atoms with Crippen molar-refractivity contribution in [3.8, 4) is 0 Å². The van der Waals surface area contributed by atoms with Gasteiger partial charge in [-0.15, -0.1) is 0 Å². The molecule has 2 rings (SSSR count). The maximum Gasteiger partial charge on any atom is 0.354 e. The van der Waals surface area contributed by atoms with Gasteiger partial charge in [0.1, 0.15) is 5.70 Å². The van der Waals surface area contributed by atoms with Crippen LogP contribution in [0.5, 0.6) is 0 Å². The number of esters is 2. The molecule has 0 spiro atoms. The van der Waals surface area contributed by atoms with Crippen LogP contribution in [-0.2, 0) is 19.1 Å². The molecule has 0 fully saturated rings. The second-order valence-electron chi connectivity index (χ2n) is 4.53. The summed E-state index contributed by atoms with van der Waals surface area (Å²) in [6.45, 7) is 1.88. The van der Waals surface area contributed by atoms with Gasteiger partial charge in [0.25, 0.3) is 0 Å². The van der Waals surface area contributed by atoms with E-state index in [1.165, 1.54) is 14.2 Å². The lowest BCUT2D eigenvalue weighted by atomic mass is 10.1. The number of fused-ring (bicyclic) bond motifs is 1. The Labute approximate surface area is 127 Å². The van der Waals surface area contributed by atoms with E-state index < -0.39 is 11.9 Å². The SMILES string of the molecule is COC(=O)/C=C(\Nc1cccc2ccc(C)nc12)C(=O)OC. The van der Waals surface area contributed by atoms with E-state index in [2.05, 4.69) is 19.8 Å². The zero-order valence-electron chi connectivity index (χ0n) is 12.5. The molecule has 0 aliphatic rings. The van der Waals surface area contributed by atoms with Gasteiger partial charge in [0.15, 0.2) is 0 Å². The Bertz CT molecular complexity index is 753. The van der Waals surface area contributed by atoms with Crippen LogP contribution in [0.1, 0.15) is 5.69 Å². The predicted octanol–water partition coefficient (Wildman–Crippen LogP) is 2.19. The highest BCUT2D eigenvalue weighted by atomic mass is 16.5. The van der Waals surface area contributed by atoms with Crippen LogP contribution in [0.15, 0.2) is 42.1 Å². The highest BCUT2D eigenvalue weighted by Crippen LogP contribution is 2.23. The van der Waals surface area contributed by atoms with Gasteiger partial charge in [-0.3, -0.25) is 4.98 Å². The van der Waals surface area contributed by atoms with E-state index >= 15 is 0 Å². The smallest absolute Gasteiger partial charge is 0.354 e. The lowest BCUT2D eigenvalue weighted by molar-refractivity contribution is -0.138. The van der Waals surface area contributed by atoms with Crippen LogP contribution >= 0.6 is 0 Å². The Morgan fingerprint density at radius 2 is 1.91 bits per heavy atom. The molecule has 0 saturated heterocycles. The summed E-state index contributed by atoms with van der Waals surface area (Å²) < 4.78 is 9.21. The summed E-state index contributed by atoms with van der Waals surface area (Å²) in [6.07, 6.45) is 1.04. The summed E-state index contributed by atoms with van der Waals surface area (Å²) in [5.41, 5.74) is 2.12. The van der Waals surface area contributed by atoms with Crippen LogP contribution in [0.2, 0.25) is 0 Å². The van der Waals surface area contributed by atoms with E-state index in [1.807, 2.05) is 31.2 Å². The van der Waals surface area contributed by atoms with Crippen LogP contribution < -0.4 is 5.32 Å². The Hall–Kier alpha value is -2.89. The first kappa shape index (κ1) is 15.5. The van der Waals surface area contributed by atoms with E-state index in [1.54, 1.807) is 6.07 Å². The molecule has 1 heterocycles. The molecule has 0 amide bonds. The van der Waals surface area contributed by atoms with Gasteiger partial charge < -0.3 is 14.8 Å². The van der Waals surface area contributed by atoms with Crippen molar-refractivity contribution < 1.29 is 19.1 Å². The van der Waals surface area contributed by atoms with Gasteiger partial charge in [-0.05, 0) is 19.1 Å². The maximum absolute atomic E-state index is 11.8. The van der Waals surface area contributed by atoms with E-state index in [0.29, 0.717) is 11.2 Å². The summed E-state index contributed by atoms with van der Waals surface area (Å²) in [6, 6.07) is 9.34. The van der Waals surface area contributed by atoms with Crippen LogP contribution in [0, 0.1) is 6.92 Å².